The summed E-state index contributed by atoms with van der Waals surface area (Å²) in [5.41, 5.74) is 0. The lowest BCUT2D eigenvalue weighted by Crippen LogP contribution is -2.28. The maximum Gasteiger partial charge on any atom is 0.493 e. The molecule has 0 bridgehead atoms. The Morgan fingerprint density at radius 2 is 2.06 bits per heavy atom. The Bertz CT molecular complexity index is 497. The van der Waals surface area contributed by atoms with E-state index in [1.54, 1.807) is 0 Å². The standard InChI is InChI=1S/C7H10N6O5/c1-5(14)3-4-11-7(10(2)13(17)18)8-6(9-11)12(15)16/h3-4H2,1-2H3. The molecular weight excluding hydrogens is 248 g/mol. The van der Waals surface area contributed by atoms with E-state index < -0.39 is 15.9 Å². The van der Waals surface area contributed by atoms with Crippen LogP contribution in [0.15, 0.2) is 0 Å². The van der Waals surface area contributed by atoms with Crippen molar-refractivity contribution < 1.29 is 14.8 Å². The molecular formula is C7H10N6O5. The number of rotatable bonds is 6. The van der Waals surface area contributed by atoms with Gasteiger partial charge in [-0.15, -0.1) is 4.68 Å². The van der Waals surface area contributed by atoms with E-state index in [9.17, 15) is 25.0 Å². The van der Waals surface area contributed by atoms with E-state index in [-0.39, 0.29) is 24.7 Å². The molecule has 0 radical (unpaired) electrons. The van der Waals surface area contributed by atoms with Crippen molar-refractivity contribution >= 4 is 17.7 Å². The van der Waals surface area contributed by atoms with Crippen LogP contribution in [0.25, 0.3) is 0 Å². The number of hydrogen-bond acceptors (Lipinski definition) is 7. The van der Waals surface area contributed by atoms with Crippen LogP contribution in [0.2, 0.25) is 0 Å². The van der Waals surface area contributed by atoms with Gasteiger partial charge in [0.15, 0.2) is 5.03 Å². The predicted octanol–water partition coefficient (Wildman–Crippen LogP) is -0.207. The summed E-state index contributed by atoms with van der Waals surface area (Å²) in [7, 11) is 1.08. The molecule has 1 heterocycles. The summed E-state index contributed by atoms with van der Waals surface area (Å²) in [6, 6.07) is 0. The normalized spacial score (nSPS) is 10.1. The number of hydrazine groups is 1. The van der Waals surface area contributed by atoms with Crippen molar-refractivity contribution in [3.63, 3.8) is 0 Å². The van der Waals surface area contributed by atoms with Crippen LogP contribution in [0.4, 0.5) is 11.9 Å². The third kappa shape index (κ3) is 2.96. The van der Waals surface area contributed by atoms with E-state index in [0.29, 0.717) is 5.01 Å². The number of carbonyl (C=O) groups excluding carboxylic acids is 1. The van der Waals surface area contributed by atoms with E-state index in [4.69, 9.17) is 0 Å². The van der Waals surface area contributed by atoms with Gasteiger partial charge in [-0.25, -0.2) is 10.1 Å². The number of nitro groups is 2. The highest BCUT2D eigenvalue weighted by Gasteiger charge is 2.29. The van der Waals surface area contributed by atoms with Crippen LogP contribution >= 0.6 is 0 Å². The molecule has 0 saturated heterocycles. The van der Waals surface area contributed by atoms with Gasteiger partial charge in [-0.05, 0) is 21.8 Å². The lowest BCUT2D eigenvalue weighted by Gasteiger charge is -2.03. The van der Waals surface area contributed by atoms with Crippen LogP contribution < -0.4 is 5.01 Å². The van der Waals surface area contributed by atoms with E-state index >= 15 is 0 Å². The number of carbonyl (C=O) groups is 1. The first-order valence-electron chi connectivity index (χ1n) is 4.79. The van der Waals surface area contributed by atoms with Crippen molar-refractivity contribution in [1.82, 2.24) is 14.8 Å². The molecule has 0 aromatic carbocycles. The molecule has 0 atom stereocenters. The lowest BCUT2D eigenvalue weighted by molar-refractivity contribution is -0.491. The second kappa shape index (κ2) is 5.16. The summed E-state index contributed by atoms with van der Waals surface area (Å²) in [5.74, 6) is -1.21. The maximum absolute atomic E-state index is 10.8. The molecule has 1 aromatic rings. The first-order chi connectivity index (χ1) is 8.32. The highest BCUT2D eigenvalue weighted by molar-refractivity contribution is 5.75. The maximum atomic E-state index is 10.8. The molecule has 0 aliphatic heterocycles. The van der Waals surface area contributed by atoms with Crippen molar-refractivity contribution in [3.8, 4) is 0 Å². The number of Topliss-reactive ketones (excluding diaryl/α,β-unsaturated/α-hetero) is 1. The molecule has 0 fully saturated rings. The summed E-state index contributed by atoms with van der Waals surface area (Å²) in [5, 5.41) is 24.3. The van der Waals surface area contributed by atoms with Crippen molar-refractivity contribution in [2.45, 2.75) is 19.9 Å². The summed E-state index contributed by atoms with van der Waals surface area (Å²) in [6.07, 6.45) is 0.0546. The number of nitrogens with zero attached hydrogens (tertiary/aromatic N) is 6. The minimum atomic E-state index is -0.860. The molecule has 1 aromatic heterocycles. The van der Waals surface area contributed by atoms with Crippen LogP contribution in [0, 0.1) is 20.2 Å². The van der Waals surface area contributed by atoms with Crippen molar-refractivity contribution in [1.29, 1.82) is 0 Å². The molecule has 0 aliphatic carbocycles. The monoisotopic (exact) mass is 258 g/mol. The van der Waals surface area contributed by atoms with Gasteiger partial charge in [-0.3, -0.25) is 4.79 Å². The minimum absolute atomic E-state index is 0.0102. The quantitative estimate of drug-likeness (QED) is 0.504. The predicted molar refractivity (Wildman–Crippen MR) is 57.4 cm³/mol. The van der Waals surface area contributed by atoms with E-state index in [2.05, 4.69) is 10.1 Å². The summed E-state index contributed by atoms with van der Waals surface area (Å²) >= 11 is 0. The third-order valence-electron chi connectivity index (χ3n) is 2.01. The molecule has 0 saturated carbocycles. The van der Waals surface area contributed by atoms with Gasteiger partial charge in [-0.2, -0.15) is 0 Å². The fourth-order valence-electron chi connectivity index (χ4n) is 1.13. The van der Waals surface area contributed by atoms with Gasteiger partial charge < -0.3 is 10.1 Å². The minimum Gasteiger partial charge on any atom is -0.390 e. The SMILES string of the molecule is CC(=O)CCn1nc([N+](=O)[O-])nc1N(C)[N+](=O)[O-]. The second-order valence-corrected chi connectivity index (χ2v) is 3.41. The van der Waals surface area contributed by atoms with E-state index in [0.717, 1.165) is 11.7 Å². The summed E-state index contributed by atoms with van der Waals surface area (Å²) in [4.78, 5) is 34.5. The number of anilines is 1. The van der Waals surface area contributed by atoms with Crippen LogP contribution in [-0.4, -0.2) is 37.6 Å². The summed E-state index contributed by atoms with van der Waals surface area (Å²) < 4.78 is 0.961. The zero-order valence-corrected chi connectivity index (χ0v) is 9.64. The molecule has 0 amide bonds. The molecule has 11 heteroatoms. The Balaban J connectivity index is 3.08. The topological polar surface area (TPSA) is 137 Å². The average molecular weight is 258 g/mol. The van der Waals surface area contributed by atoms with Crippen molar-refractivity contribution in [2.75, 3.05) is 12.1 Å². The zero-order valence-electron chi connectivity index (χ0n) is 9.64. The van der Waals surface area contributed by atoms with Crippen LogP contribution in [0.3, 0.4) is 0 Å². The van der Waals surface area contributed by atoms with Gasteiger partial charge in [0.2, 0.25) is 0 Å². The van der Waals surface area contributed by atoms with Crippen LogP contribution in [0.1, 0.15) is 13.3 Å². The van der Waals surface area contributed by atoms with Crippen LogP contribution in [0.5, 0.6) is 0 Å². The van der Waals surface area contributed by atoms with Crippen molar-refractivity contribution in [3.05, 3.63) is 20.2 Å². The highest BCUT2D eigenvalue weighted by Crippen LogP contribution is 2.15. The molecule has 0 spiro atoms. The van der Waals surface area contributed by atoms with Gasteiger partial charge in [-0.1, -0.05) is 0 Å². The highest BCUT2D eigenvalue weighted by atomic mass is 16.7. The average Bonchev–Trinajstić information content (AvgIpc) is 2.69. The Morgan fingerprint density at radius 3 is 2.50 bits per heavy atom. The van der Waals surface area contributed by atoms with Gasteiger partial charge in [0.05, 0.1) is 13.6 Å². The Morgan fingerprint density at radius 1 is 1.44 bits per heavy atom. The molecule has 0 aliphatic rings. The Hall–Kier alpha value is -2.59. The van der Waals surface area contributed by atoms with Gasteiger partial charge in [0, 0.05) is 11.5 Å². The van der Waals surface area contributed by atoms with E-state index in [1.807, 2.05) is 0 Å². The summed E-state index contributed by atoms with van der Waals surface area (Å²) in [6.45, 7) is 1.33. The number of aromatic nitrogens is 3. The number of hydrogen-bond donors (Lipinski definition) is 0. The van der Waals surface area contributed by atoms with E-state index in [1.165, 1.54) is 6.92 Å². The Kier molecular flexibility index (Phi) is 3.86. The van der Waals surface area contributed by atoms with Crippen molar-refractivity contribution in [2.24, 2.45) is 0 Å². The molecule has 18 heavy (non-hydrogen) atoms. The largest absolute Gasteiger partial charge is 0.493 e. The Labute approximate surface area is 100 Å². The van der Waals surface area contributed by atoms with Gasteiger partial charge in [0.25, 0.3) is 0 Å². The first-order valence-corrected chi connectivity index (χ1v) is 4.79. The number of aryl methyl sites for hydroxylation is 1. The molecule has 11 nitrogen and oxygen atoms in total. The molecule has 98 valence electrons. The molecule has 0 unspecified atom stereocenters. The fraction of sp³-hybridized carbons (Fsp3) is 0.571. The number of ketones is 1. The zero-order chi connectivity index (χ0) is 13.9. The second-order valence-electron chi connectivity index (χ2n) is 3.41. The lowest BCUT2D eigenvalue weighted by atomic mass is 10.3. The smallest absolute Gasteiger partial charge is 0.390 e. The third-order valence-corrected chi connectivity index (χ3v) is 2.01. The first kappa shape index (κ1) is 13.5. The van der Waals surface area contributed by atoms with Crippen LogP contribution in [-0.2, 0) is 11.3 Å². The fourth-order valence-corrected chi connectivity index (χ4v) is 1.13. The van der Waals surface area contributed by atoms with Gasteiger partial charge >= 0.3 is 11.9 Å². The molecule has 0 N–H and O–H groups in total. The molecule has 1 rings (SSSR count). The van der Waals surface area contributed by atoms with Gasteiger partial charge in [0.1, 0.15) is 5.78 Å².